The van der Waals surface area contributed by atoms with E-state index in [2.05, 4.69) is 5.32 Å². The summed E-state index contributed by atoms with van der Waals surface area (Å²) in [6, 6.07) is 12.6. The summed E-state index contributed by atoms with van der Waals surface area (Å²) in [7, 11) is -4.53. The molecule has 0 saturated heterocycles. The predicted octanol–water partition coefficient (Wildman–Crippen LogP) is 3.91. The summed E-state index contributed by atoms with van der Waals surface area (Å²) in [5.74, 6) is -0.748. The summed E-state index contributed by atoms with van der Waals surface area (Å²) < 4.78 is 33.5. The van der Waals surface area contributed by atoms with Gasteiger partial charge in [0.05, 0.1) is 22.5 Å². The van der Waals surface area contributed by atoms with Crippen molar-refractivity contribution in [2.45, 2.75) is 25.2 Å². The first-order valence-corrected chi connectivity index (χ1v) is 11.1. The van der Waals surface area contributed by atoms with Gasteiger partial charge in [0.2, 0.25) is 0 Å². The van der Waals surface area contributed by atoms with E-state index in [1.807, 2.05) is 6.92 Å². The summed E-state index contributed by atoms with van der Waals surface area (Å²) in [5.41, 5.74) is 8.83. The Labute approximate surface area is 179 Å². The Morgan fingerprint density at radius 3 is 2.13 bits per heavy atom. The molecule has 1 aliphatic rings. The minimum Gasteiger partial charge on any atom is -0.398 e. The molecule has 31 heavy (non-hydrogen) atoms. The molecule has 4 rings (SSSR count). The van der Waals surface area contributed by atoms with Crippen molar-refractivity contribution in [3.63, 3.8) is 0 Å². The molecule has 0 unspecified atom stereocenters. The second-order valence-electron chi connectivity index (χ2n) is 7.40. The molecule has 0 amide bonds. The van der Waals surface area contributed by atoms with E-state index in [9.17, 15) is 22.6 Å². The average Bonchev–Trinajstić information content (AvgIpc) is 2.73. The molecule has 0 heterocycles. The molecule has 0 atom stereocenters. The first kappa shape index (κ1) is 20.8. The van der Waals surface area contributed by atoms with Gasteiger partial charge < -0.3 is 11.1 Å². The first-order chi connectivity index (χ1) is 14.6. The second kappa shape index (κ2) is 7.33. The third kappa shape index (κ3) is 3.39. The van der Waals surface area contributed by atoms with Crippen LogP contribution in [0.15, 0.2) is 53.4 Å². The number of nitrogens with two attached hydrogens (primary N) is 1. The lowest BCUT2D eigenvalue weighted by molar-refractivity contribution is 0.0980. The third-order valence-electron chi connectivity index (χ3n) is 5.39. The van der Waals surface area contributed by atoms with E-state index in [1.165, 1.54) is 12.1 Å². The van der Waals surface area contributed by atoms with E-state index >= 15 is 0 Å². The number of hydrogen-bond acceptors (Lipinski definition) is 6. The van der Waals surface area contributed by atoms with Crippen molar-refractivity contribution in [2.75, 3.05) is 11.1 Å². The highest BCUT2D eigenvalue weighted by molar-refractivity contribution is 7.86. The van der Waals surface area contributed by atoms with Crippen LogP contribution in [-0.2, 0) is 16.5 Å². The van der Waals surface area contributed by atoms with E-state index in [-0.39, 0.29) is 55.8 Å². The smallest absolute Gasteiger partial charge is 0.296 e. The summed E-state index contributed by atoms with van der Waals surface area (Å²) >= 11 is 0. The van der Waals surface area contributed by atoms with Crippen molar-refractivity contribution in [1.82, 2.24) is 0 Å². The van der Waals surface area contributed by atoms with Gasteiger partial charge >= 0.3 is 0 Å². The van der Waals surface area contributed by atoms with Gasteiger partial charge in [0.25, 0.3) is 10.1 Å². The zero-order valence-electron chi connectivity index (χ0n) is 16.9. The monoisotopic (exact) mass is 436 g/mol. The van der Waals surface area contributed by atoms with Crippen LogP contribution in [-0.4, -0.2) is 24.5 Å². The topological polar surface area (TPSA) is 127 Å². The normalized spacial score (nSPS) is 13.0. The molecule has 7 nitrogen and oxygen atoms in total. The molecule has 0 bridgehead atoms. The molecule has 0 fully saturated rings. The van der Waals surface area contributed by atoms with Crippen LogP contribution in [0.5, 0.6) is 0 Å². The lowest BCUT2D eigenvalue weighted by Crippen LogP contribution is -2.24. The minimum atomic E-state index is -4.53. The van der Waals surface area contributed by atoms with Crippen LogP contribution in [0.2, 0.25) is 0 Å². The average molecular weight is 436 g/mol. The Hall–Kier alpha value is -3.49. The van der Waals surface area contributed by atoms with Crippen LogP contribution < -0.4 is 11.1 Å². The van der Waals surface area contributed by atoms with Crippen molar-refractivity contribution >= 4 is 38.7 Å². The first-order valence-electron chi connectivity index (χ1n) is 9.62. The molecule has 3 aromatic rings. The molecular formula is C23H20N2O5S. The molecule has 0 aliphatic heterocycles. The molecule has 0 radical (unpaired) electrons. The van der Waals surface area contributed by atoms with Crippen molar-refractivity contribution in [2.24, 2.45) is 0 Å². The highest BCUT2D eigenvalue weighted by Crippen LogP contribution is 2.39. The van der Waals surface area contributed by atoms with Crippen molar-refractivity contribution in [3.8, 4) is 0 Å². The van der Waals surface area contributed by atoms with Gasteiger partial charge in [0.15, 0.2) is 11.6 Å². The zero-order valence-corrected chi connectivity index (χ0v) is 17.7. The fourth-order valence-corrected chi connectivity index (χ4v) is 4.59. The van der Waals surface area contributed by atoms with Gasteiger partial charge in [-0.25, -0.2) is 0 Å². The molecule has 0 aromatic heterocycles. The van der Waals surface area contributed by atoms with Crippen LogP contribution in [0.4, 0.5) is 17.1 Å². The van der Waals surface area contributed by atoms with Gasteiger partial charge in [-0.15, -0.1) is 0 Å². The largest absolute Gasteiger partial charge is 0.398 e. The number of carbonyl (C=O) groups is 2. The Morgan fingerprint density at radius 1 is 0.935 bits per heavy atom. The maximum atomic E-state index is 13.3. The predicted molar refractivity (Wildman–Crippen MR) is 118 cm³/mol. The number of carbonyl (C=O) groups excluding carboxylic acids is 2. The van der Waals surface area contributed by atoms with Crippen molar-refractivity contribution < 1.29 is 22.6 Å². The van der Waals surface area contributed by atoms with Crippen LogP contribution in [0.1, 0.15) is 49.9 Å². The van der Waals surface area contributed by atoms with Crippen molar-refractivity contribution in [3.05, 3.63) is 81.9 Å². The molecule has 0 saturated carbocycles. The fourth-order valence-electron chi connectivity index (χ4n) is 3.86. The Balaban J connectivity index is 1.98. The molecule has 158 valence electrons. The van der Waals surface area contributed by atoms with E-state index < -0.39 is 10.1 Å². The van der Waals surface area contributed by atoms with E-state index in [4.69, 9.17) is 5.73 Å². The highest BCUT2D eigenvalue weighted by Gasteiger charge is 2.34. The Morgan fingerprint density at radius 2 is 1.55 bits per heavy atom. The molecule has 1 aliphatic carbocycles. The second-order valence-corrected chi connectivity index (χ2v) is 8.79. The van der Waals surface area contributed by atoms with Gasteiger partial charge in [-0.3, -0.25) is 14.1 Å². The number of benzene rings is 3. The summed E-state index contributed by atoms with van der Waals surface area (Å²) in [5, 5.41) is 2.95. The SMILES string of the molecule is CCc1cc(Nc2ccc(C)cc2S(=O)(=O)O)c2c(c1N)C(=O)c1ccccc1C2=O. The summed E-state index contributed by atoms with van der Waals surface area (Å²) in [6.45, 7) is 3.55. The lowest BCUT2D eigenvalue weighted by Gasteiger charge is -2.24. The zero-order chi connectivity index (χ0) is 22.5. The maximum Gasteiger partial charge on any atom is 0.296 e. The van der Waals surface area contributed by atoms with Gasteiger partial charge in [-0.1, -0.05) is 37.3 Å². The summed E-state index contributed by atoms with van der Waals surface area (Å²) in [6.07, 6.45) is 0.496. The Bertz CT molecular complexity index is 1380. The molecule has 3 aromatic carbocycles. The van der Waals surface area contributed by atoms with E-state index in [1.54, 1.807) is 43.3 Å². The molecular weight excluding hydrogens is 416 g/mol. The number of hydrogen-bond donors (Lipinski definition) is 3. The van der Waals surface area contributed by atoms with Gasteiger partial charge in [0.1, 0.15) is 4.90 Å². The number of nitrogen functional groups attached to an aromatic ring is 1. The number of anilines is 3. The van der Waals surface area contributed by atoms with Crippen LogP contribution in [0, 0.1) is 6.92 Å². The quantitative estimate of drug-likeness (QED) is 0.327. The maximum absolute atomic E-state index is 13.3. The van der Waals surface area contributed by atoms with Gasteiger partial charge in [-0.2, -0.15) is 8.42 Å². The number of ketones is 2. The van der Waals surface area contributed by atoms with Gasteiger partial charge in [0, 0.05) is 16.8 Å². The summed E-state index contributed by atoms with van der Waals surface area (Å²) in [4.78, 5) is 26.2. The van der Waals surface area contributed by atoms with Crippen LogP contribution in [0.3, 0.4) is 0 Å². The standard InChI is InChI=1S/C23H20N2O5S/c1-3-13-11-17(25-16-9-8-12(2)10-18(16)31(28,29)30)19-20(21(13)24)23(27)15-7-5-4-6-14(15)22(19)26/h4-11,25H,3,24H2,1-2H3,(H,28,29,30). The number of rotatable bonds is 4. The van der Waals surface area contributed by atoms with E-state index in [0.717, 1.165) is 0 Å². The highest BCUT2D eigenvalue weighted by atomic mass is 32.2. The van der Waals surface area contributed by atoms with Crippen molar-refractivity contribution in [1.29, 1.82) is 0 Å². The molecule has 0 spiro atoms. The lowest BCUT2D eigenvalue weighted by atomic mass is 9.81. The fraction of sp³-hybridized carbons (Fsp3) is 0.130. The Kier molecular flexibility index (Phi) is 4.91. The third-order valence-corrected chi connectivity index (χ3v) is 6.28. The number of aryl methyl sites for hydroxylation is 2. The van der Waals surface area contributed by atoms with Crippen LogP contribution in [0.25, 0.3) is 0 Å². The molecule has 4 N–H and O–H groups in total. The van der Waals surface area contributed by atoms with Gasteiger partial charge in [-0.05, 0) is 42.7 Å². The number of fused-ring (bicyclic) bond motifs is 2. The van der Waals surface area contributed by atoms with E-state index in [0.29, 0.717) is 17.5 Å². The minimum absolute atomic E-state index is 0.0836. The molecule has 8 heteroatoms. The van der Waals surface area contributed by atoms with Crippen LogP contribution >= 0.6 is 0 Å². The number of nitrogens with one attached hydrogen (secondary N) is 1.